The first kappa shape index (κ1) is 70.1. The third-order valence-electron chi connectivity index (χ3n) is 19.0. The fourth-order valence-electron chi connectivity index (χ4n) is 13.6. The summed E-state index contributed by atoms with van der Waals surface area (Å²) in [7, 11) is -1.47. The van der Waals surface area contributed by atoms with Gasteiger partial charge >= 0.3 is 7.12 Å². The highest BCUT2D eigenvalue weighted by atomic mass is 79.9. The lowest BCUT2D eigenvalue weighted by atomic mass is 9.80. The summed E-state index contributed by atoms with van der Waals surface area (Å²) in [6.07, 6.45) is 0. The second-order valence-electron chi connectivity index (χ2n) is 25.7. The van der Waals surface area contributed by atoms with E-state index in [1.165, 1.54) is 27.8 Å². The number of hydrogen-bond donors (Lipinski definition) is 2. The lowest BCUT2D eigenvalue weighted by Gasteiger charge is -2.26. The molecule has 0 aliphatic rings. The molecule has 0 aliphatic carbocycles. The van der Waals surface area contributed by atoms with E-state index in [4.69, 9.17) is 8.83 Å². The topological polar surface area (TPSA) is 76.5 Å². The van der Waals surface area contributed by atoms with Crippen LogP contribution >= 0.6 is 31.9 Å². The van der Waals surface area contributed by atoms with Gasteiger partial charge in [0.15, 0.2) is 0 Å². The minimum Gasteiger partial charge on any atom is -0.456 e. The van der Waals surface area contributed by atoms with Crippen LogP contribution < -0.4 is 20.2 Å². The van der Waals surface area contributed by atoms with Crippen LogP contribution in [0, 0.1) is 0 Å². The fraction of sp³-hybridized carbons (Fsp3) is 0.0103. The van der Waals surface area contributed by atoms with Crippen LogP contribution in [0.1, 0.15) is 7.43 Å². The van der Waals surface area contributed by atoms with E-state index in [2.05, 4.69) is 362 Å². The summed E-state index contributed by atoms with van der Waals surface area (Å²) >= 11 is 6.94. The highest BCUT2D eigenvalue weighted by molar-refractivity contribution is 9.10. The molecule has 0 aliphatic heterocycles. The SMILES string of the molecule is Brc1ccc2oc3ccc(Br)cc3c2c1.C.OB(O)c1ccc(N(c2ccccc2)c2ccc(-c3ccccc3)cc2)cc1.c1ccc(-c2ccc(N(c3ccccc3)c3ccc(-c4ccc5oc6ccc(-c7ccc(N(c8ccccc8)c8ccc(-c9ccccc9)cc8)cc7)cc6c5c4)cc3)cc2)cc1. The van der Waals surface area contributed by atoms with Gasteiger partial charge in [-0.3, -0.25) is 0 Å². The van der Waals surface area contributed by atoms with Crippen molar-refractivity contribution in [1.82, 2.24) is 0 Å². The van der Waals surface area contributed by atoms with Gasteiger partial charge in [-0.2, -0.15) is 0 Å². The average molecular weight is 1510 g/mol. The normalized spacial score (nSPS) is 10.9. The van der Waals surface area contributed by atoms with Crippen molar-refractivity contribution in [2.24, 2.45) is 0 Å². The van der Waals surface area contributed by atoms with Gasteiger partial charge in [0.1, 0.15) is 22.3 Å². The molecule has 0 spiro atoms. The third-order valence-corrected chi connectivity index (χ3v) is 20.0. The molecule has 0 bridgehead atoms. The maximum Gasteiger partial charge on any atom is 0.488 e. The second kappa shape index (κ2) is 32.2. The van der Waals surface area contributed by atoms with Gasteiger partial charge in [0.25, 0.3) is 0 Å². The number of hydrogen-bond acceptors (Lipinski definition) is 7. The molecule has 2 aromatic heterocycles. The zero-order valence-electron chi connectivity index (χ0n) is 57.5. The van der Waals surface area contributed by atoms with Crippen molar-refractivity contribution in [2.75, 3.05) is 14.7 Å². The molecule has 7 nitrogen and oxygen atoms in total. The van der Waals surface area contributed by atoms with Crippen molar-refractivity contribution in [3.63, 3.8) is 0 Å². The molecule has 0 saturated heterocycles. The molecule has 107 heavy (non-hydrogen) atoms. The lowest BCUT2D eigenvalue weighted by molar-refractivity contribution is 0.426. The van der Waals surface area contributed by atoms with Gasteiger partial charge in [0.2, 0.25) is 0 Å². The molecule has 0 saturated carbocycles. The zero-order valence-corrected chi connectivity index (χ0v) is 60.7. The maximum absolute atomic E-state index is 9.37. The van der Waals surface area contributed by atoms with Crippen LogP contribution in [0.25, 0.3) is 99.5 Å². The van der Waals surface area contributed by atoms with Gasteiger partial charge in [0.05, 0.1) is 0 Å². The summed E-state index contributed by atoms with van der Waals surface area (Å²) in [6, 6.07) is 139. The molecule has 0 atom stereocenters. The van der Waals surface area contributed by atoms with E-state index in [0.29, 0.717) is 5.46 Å². The molecule has 18 aromatic rings. The summed E-state index contributed by atoms with van der Waals surface area (Å²) in [6.45, 7) is 0. The van der Waals surface area contributed by atoms with Crippen LogP contribution in [0.4, 0.5) is 51.2 Å². The van der Waals surface area contributed by atoms with Gasteiger partial charge in [-0.15, -0.1) is 0 Å². The number of furan rings is 2. The predicted molar refractivity (Wildman–Crippen MR) is 457 cm³/mol. The van der Waals surface area contributed by atoms with Crippen LogP contribution in [0.2, 0.25) is 0 Å². The zero-order chi connectivity index (χ0) is 71.7. The second-order valence-corrected chi connectivity index (χ2v) is 27.5. The van der Waals surface area contributed by atoms with Gasteiger partial charge in [-0.1, -0.05) is 270 Å². The molecule has 0 amide bonds. The molecule has 2 N–H and O–H groups in total. The Hall–Kier alpha value is -12.5. The fourth-order valence-corrected chi connectivity index (χ4v) is 14.4. The van der Waals surface area contributed by atoms with Gasteiger partial charge < -0.3 is 33.6 Å². The minimum absolute atomic E-state index is 0. The van der Waals surface area contributed by atoms with E-state index in [9.17, 15) is 10.0 Å². The molecule has 2 heterocycles. The minimum atomic E-state index is -1.47. The molecule has 18 rings (SSSR count). The number of benzene rings is 16. The number of rotatable bonds is 15. The quantitative estimate of drug-likeness (QED) is 0.0991. The molecule has 16 aromatic carbocycles. The van der Waals surface area contributed by atoms with E-state index in [-0.39, 0.29) is 7.43 Å². The van der Waals surface area contributed by atoms with Crippen molar-refractivity contribution in [2.45, 2.75) is 7.43 Å². The molecular formula is C97H72BBr2N3O4. The largest absolute Gasteiger partial charge is 0.488 e. The molecular weight excluding hydrogens is 1440 g/mol. The Morgan fingerprint density at radius 1 is 0.206 bits per heavy atom. The maximum atomic E-state index is 9.37. The first-order valence-electron chi connectivity index (χ1n) is 35.1. The van der Waals surface area contributed by atoms with Crippen LogP contribution in [-0.2, 0) is 0 Å². The van der Waals surface area contributed by atoms with E-state index < -0.39 is 7.12 Å². The summed E-state index contributed by atoms with van der Waals surface area (Å²) in [5.74, 6) is 0. The Morgan fingerprint density at radius 3 is 0.664 bits per heavy atom. The highest BCUT2D eigenvalue weighted by Crippen LogP contribution is 2.42. The number of para-hydroxylation sites is 3. The standard InChI is InChI=1S/C60H42N2O.C24H20BNO2.C12H6Br2O.CH4/c1-5-13-43(14-6-1)45-21-31-53(32-22-45)61(51-17-9-3-10-18-51)55-35-25-47(26-36-55)49-29-39-59-57(41-49)58-42-50(30-40-60(58)63-59)48-27-37-56(38-28-48)62(52-19-11-4-12-20-52)54-33-23-46(24-34-54)44-15-7-2-8-16-44;27-25(28)21-13-17-24(18-14-21)26(22-9-5-2-6-10-22)23-15-11-20(12-16-23)19-7-3-1-4-8-19;13-7-1-3-11-9(5-7)10-6-8(14)2-4-12(10)15-11;/h1-42H;1-18,27-28H;1-6H;1H4. The Bertz CT molecular complexity index is 5680. The van der Waals surface area contributed by atoms with E-state index >= 15 is 0 Å². The summed E-state index contributed by atoms with van der Waals surface area (Å²) in [5, 5.41) is 23.2. The Balaban J connectivity index is 0.000000169. The van der Waals surface area contributed by atoms with Crippen molar-refractivity contribution < 1.29 is 18.9 Å². The van der Waals surface area contributed by atoms with Crippen LogP contribution in [0.3, 0.4) is 0 Å². The van der Waals surface area contributed by atoms with Gasteiger partial charge in [-0.25, -0.2) is 0 Å². The van der Waals surface area contributed by atoms with Gasteiger partial charge in [0, 0.05) is 81.7 Å². The van der Waals surface area contributed by atoms with E-state index in [0.717, 1.165) is 132 Å². The van der Waals surface area contributed by atoms with Crippen molar-refractivity contribution in [3.05, 3.63) is 409 Å². The lowest BCUT2D eigenvalue weighted by Crippen LogP contribution is -2.29. The average Bonchev–Trinajstić information content (AvgIpc) is 1.75. The number of nitrogens with zero attached hydrogens (tertiary/aromatic N) is 3. The number of halogens is 2. The van der Waals surface area contributed by atoms with Crippen molar-refractivity contribution in [3.8, 4) is 55.6 Å². The Morgan fingerprint density at radius 2 is 0.402 bits per heavy atom. The Labute approximate surface area is 640 Å². The summed E-state index contributed by atoms with van der Waals surface area (Å²) in [4.78, 5) is 6.76. The van der Waals surface area contributed by atoms with Crippen molar-refractivity contribution >= 4 is 140 Å². The third kappa shape index (κ3) is 15.7. The number of anilines is 9. The molecule has 0 unspecified atom stereocenters. The molecule has 0 fully saturated rings. The van der Waals surface area contributed by atoms with Crippen LogP contribution in [-0.4, -0.2) is 17.2 Å². The molecule has 0 radical (unpaired) electrons. The Kier molecular flexibility index (Phi) is 21.1. The van der Waals surface area contributed by atoms with Crippen LogP contribution in [0.5, 0.6) is 0 Å². The smallest absolute Gasteiger partial charge is 0.456 e. The molecule has 10 heteroatoms. The predicted octanol–water partition coefficient (Wildman–Crippen LogP) is 27.4. The van der Waals surface area contributed by atoms with E-state index in [1.807, 2.05) is 72.8 Å². The first-order valence-corrected chi connectivity index (χ1v) is 36.7. The summed E-state index contributed by atoms with van der Waals surface area (Å²) in [5.41, 5.74) is 25.4. The van der Waals surface area contributed by atoms with Gasteiger partial charge in [-0.05, 0) is 231 Å². The molecule has 516 valence electrons. The summed E-state index contributed by atoms with van der Waals surface area (Å²) < 4.78 is 14.2. The highest BCUT2D eigenvalue weighted by Gasteiger charge is 2.19. The van der Waals surface area contributed by atoms with Crippen molar-refractivity contribution in [1.29, 1.82) is 0 Å². The number of fused-ring (bicyclic) bond motifs is 6. The van der Waals surface area contributed by atoms with Crippen LogP contribution in [0.15, 0.2) is 418 Å². The van der Waals surface area contributed by atoms with E-state index in [1.54, 1.807) is 12.1 Å². The monoisotopic (exact) mass is 1510 g/mol. The first-order chi connectivity index (χ1) is 52.2.